The van der Waals surface area contributed by atoms with E-state index in [1.807, 2.05) is 19.1 Å². The van der Waals surface area contributed by atoms with Crippen LogP contribution in [0, 0.1) is 0 Å². The summed E-state index contributed by atoms with van der Waals surface area (Å²) in [5, 5.41) is 9.88. The van der Waals surface area contributed by atoms with Crippen LogP contribution in [0.15, 0.2) is 36.4 Å². The molecular weight excluding hydrogens is 220 g/mol. The van der Waals surface area contributed by atoms with E-state index in [2.05, 4.69) is 24.3 Å². The van der Waals surface area contributed by atoms with Crippen LogP contribution in [0.2, 0.25) is 0 Å². The molecule has 0 saturated heterocycles. The predicted molar refractivity (Wildman–Crippen MR) is 76.7 cm³/mol. The minimum Gasteiger partial charge on any atom is -0.384 e. The standard InChI is InChI=1S/C17H24O/c1-2-7-17(18)16-12-10-15(11-13-16)14-8-5-3-4-6-9-14/h2,7,10-14,17-18H,3-6,8-9H2,1H3. The molecule has 1 aliphatic carbocycles. The van der Waals surface area contributed by atoms with Gasteiger partial charge in [-0.25, -0.2) is 0 Å². The summed E-state index contributed by atoms with van der Waals surface area (Å²) < 4.78 is 0. The van der Waals surface area contributed by atoms with E-state index in [0.29, 0.717) is 0 Å². The summed E-state index contributed by atoms with van der Waals surface area (Å²) in [7, 11) is 0. The van der Waals surface area contributed by atoms with Crippen LogP contribution in [-0.4, -0.2) is 5.11 Å². The fourth-order valence-corrected chi connectivity index (χ4v) is 2.87. The Hall–Kier alpha value is -1.08. The number of rotatable bonds is 3. The maximum absolute atomic E-state index is 9.88. The molecule has 1 nitrogen and oxygen atoms in total. The maximum Gasteiger partial charge on any atom is 0.0971 e. The molecule has 1 heteroatoms. The van der Waals surface area contributed by atoms with Crippen molar-refractivity contribution in [2.75, 3.05) is 0 Å². The maximum atomic E-state index is 9.88. The number of aliphatic hydroxyl groups is 1. The van der Waals surface area contributed by atoms with E-state index in [-0.39, 0.29) is 0 Å². The lowest BCUT2D eigenvalue weighted by atomic mass is 9.91. The number of hydrogen-bond acceptors (Lipinski definition) is 1. The smallest absolute Gasteiger partial charge is 0.0971 e. The van der Waals surface area contributed by atoms with Crippen LogP contribution in [0.25, 0.3) is 0 Å². The van der Waals surface area contributed by atoms with E-state index in [1.54, 1.807) is 0 Å². The van der Waals surface area contributed by atoms with Crippen molar-refractivity contribution < 1.29 is 5.11 Å². The predicted octanol–water partition coefficient (Wildman–Crippen LogP) is 4.73. The van der Waals surface area contributed by atoms with Gasteiger partial charge < -0.3 is 5.11 Å². The zero-order valence-corrected chi connectivity index (χ0v) is 11.3. The van der Waals surface area contributed by atoms with Crippen molar-refractivity contribution in [1.29, 1.82) is 0 Å². The molecule has 1 atom stereocenters. The molecule has 1 saturated carbocycles. The first-order valence-corrected chi connectivity index (χ1v) is 7.22. The lowest BCUT2D eigenvalue weighted by molar-refractivity contribution is 0.228. The second-order valence-electron chi connectivity index (χ2n) is 5.33. The molecule has 0 bridgehead atoms. The summed E-state index contributed by atoms with van der Waals surface area (Å²) >= 11 is 0. The molecule has 0 radical (unpaired) electrons. The van der Waals surface area contributed by atoms with E-state index in [9.17, 15) is 5.11 Å². The Morgan fingerprint density at radius 3 is 2.22 bits per heavy atom. The molecule has 0 aromatic heterocycles. The quantitative estimate of drug-likeness (QED) is 0.602. The van der Waals surface area contributed by atoms with Crippen LogP contribution in [0.4, 0.5) is 0 Å². The second-order valence-corrected chi connectivity index (χ2v) is 5.33. The van der Waals surface area contributed by atoms with Gasteiger partial charge in [0, 0.05) is 0 Å². The average molecular weight is 244 g/mol. The molecule has 1 fully saturated rings. The molecule has 1 aromatic rings. The molecule has 0 heterocycles. The SMILES string of the molecule is CC=CC(O)c1ccc(C2CCCCCC2)cc1. The van der Waals surface area contributed by atoms with Gasteiger partial charge in [0.15, 0.2) is 0 Å². The number of benzene rings is 1. The van der Waals surface area contributed by atoms with Crippen molar-refractivity contribution in [3.05, 3.63) is 47.5 Å². The molecule has 1 unspecified atom stereocenters. The zero-order chi connectivity index (χ0) is 12.8. The second kappa shape index (κ2) is 6.75. The highest BCUT2D eigenvalue weighted by molar-refractivity contribution is 5.28. The minimum absolute atomic E-state index is 0.460. The van der Waals surface area contributed by atoms with E-state index >= 15 is 0 Å². The summed E-state index contributed by atoms with van der Waals surface area (Å²) in [4.78, 5) is 0. The first kappa shape index (κ1) is 13.4. The van der Waals surface area contributed by atoms with Gasteiger partial charge in [0.05, 0.1) is 6.10 Å². The van der Waals surface area contributed by atoms with Crippen molar-refractivity contribution in [1.82, 2.24) is 0 Å². The van der Waals surface area contributed by atoms with Crippen LogP contribution < -0.4 is 0 Å². The highest BCUT2D eigenvalue weighted by atomic mass is 16.3. The van der Waals surface area contributed by atoms with Gasteiger partial charge >= 0.3 is 0 Å². The first-order valence-electron chi connectivity index (χ1n) is 7.22. The largest absolute Gasteiger partial charge is 0.384 e. The number of allylic oxidation sites excluding steroid dienone is 1. The van der Waals surface area contributed by atoms with Crippen molar-refractivity contribution >= 4 is 0 Å². The third kappa shape index (κ3) is 3.46. The van der Waals surface area contributed by atoms with Gasteiger partial charge in [-0.2, -0.15) is 0 Å². The van der Waals surface area contributed by atoms with Gasteiger partial charge in [0.25, 0.3) is 0 Å². The third-order valence-corrected chi connectivity index (χ3v) is 3.98. The van der Waals surface area contributed by atoms with Crippen LogP contribution in [-0.2, 0) is 0 Å². The molecule has 1 aromatic carbocycles. The number of hydrogen-bond donors (Lipinski definition) is 1. The summed E-state index contributed by atoms with van der Waals surface area (Å²) in [6.45, 7) is 1.93. The lowest BCUT2D eigenvalue weighted by Gasteiger charge is -2.15. The van der Waals surface area contributed by atoms with Crippen molar-refractivity contribution in [2.45, 2.75) is 57.5 Å². The van der Waals surface area contributed by atoms with Gasteiger partial charge in [-0.05, 0) is 36.8 Å². The molecule has 0 amide bonds. The Morgan fingerprint density at radius 1 is 1.06 bits per heavy atom. The zero-order valence-electron chi connectivity index (χ0n) is 11.3. The Bertz CT molecular complexity index is 369. The molecular formula is C17H24O. The van der Waals surface area contributed by atoms with Gasteiger partial charge in [-0.3, -0.25) is 0 Å². The summed E-state index contributed by atoms with van der Waals surface area (Å²) in [5.74, 6) is 0.736. The highest BCUT2D eigenvalue weighted by Gasteiger charge is 2.14. The Morgan fingerprint density at radius 2 is 1.67 bits per heavy atom. The van der Waals surface area contributed by atoms with Crippen LogP contribution in [0.3, 0.4) is 0 Å². The summed E-state index contributed by atoms with van der Waals surface area (Å²) in [6.07, 6.45) is 11.4. The highest BCUT2D eigenvalue weighted by Crippen LogP contribution is 2.32. The van der Waals surface area contributed by atoms with E-state index in [4.69, 9.17) is 0 Å². The van der Waals surface area contributed by atoms with E-state index < -0.39 is 6.10 Å². The van der Waals surface area contributed by atoms with Crippen LogP contribution in [0.5, 0.6) is 0 Å². The fraction of sp³-hybridized carbons (Fsp3) is 0.529. The van der Waals surface area contributed by atoms with Gasteiger partial charge in [-0.1, -0.05) is 62.1 Å². The first-order chi connectivity index (χ1) is 8.81. The topological polar surface area (TPSA) is 20.2 Å². The molecule has 1 aliphatic rings. The van der Waals surface area contributed by atoms with Crippen molar-refractivity contribution in [3.8, 4) is 0 Å². The van der Waals surface area contributed by atoms with Gasteiger partial charge in [0.1, 0.15) is 0 Å². The molecule has 18 heavy (non-hydrogen) atoms. The van der Waals surface area contributed by atoms with Crippen molar-refractivity contribution in [3.63, 3.8) is 0 Å². The minimum atomic E-state index is -0.460. The molecule has 98 valence electrons. The number of aliphatic hydroxyl groups excluding tert-OH is 1. The Kier molecular flexibility index (Phi) is 5.00. The van der Waals surface area contributed by atoms with Gasteiger partial charge in [0.2, 0.25) is 0 Å². The fourth-order valence-electron chi connectivity index (χ4n) is 2.87. The van der Waals surface area contributed by atoms with Crippen LogP contribution in [0.1, 0.15) is 68.6 Å². The van der Waals surface area contributed by atoms with E-state index in [1.165, 1.54) is 44.1 Å². The third-order valence-electron chi connectivity index (χ3n) is 3.98. The Labute approximate surface area is 111 Å². The summed E-state index contributed by atoms with van der Waals surface area (Å²) in [5.41, 5.74) is 2.44. The average Bonchev–Trinajstić information content (AvgIpc) is 2.68. The molecule has 0 spiro atoms. The van der Waals surface area contributed by atoms with Gasteiger partial charge in [-0.15, -0.1) is 0 Å². The van der Waals surface area contributed by atoms with E-state index in [0.717, 1.165) is 11.5 Å². The molecule has 1 N–H and O–H groups in total. The normalized spacial score (nSPS) is 19.9. The lowest BCUT2D eigenvalue weighted by Crippen LogP contribution is -1.99. The molecule has 0 aliphatic heterocycles. The Balaban J connectivity index is 2.06. The summed E-state index contributed by atoms with van der Waals surface area (Å²) in [6, 6.07) is 8.56. The molecule has 2 rings (SSSR count). The van der Waals surface area contributed by atoms with Crippen molar-refractivity contribution in [2.24, 2.45) is 0 Å². The van der Waals surface area contributed by atoms with Crippen LogP contribution >= 0.6 is 0 Å². The monoisotopic (exact) mass is 244 g/mol.